The minimum absolute atomic E-state index is 0.135. The quantitative estimate of drug-likeness (QED) is 0.650. The average molecular weight is 327 g/mol. The molecule has 3 nitrogen and oxygen atoms in total. The van der Waals surface area contributed by atoms with E-state index in [4.69, 9.17) is 4.74 Å². The molecule has 6 heteroatoms. The Morgan fingerprint density at radius 1 is 1.26 bits per heavy atom. The van der Waals surface area contributed by atoms with E-state index in [1.54, 1.807) is 20.8 Å². The highest BCUT2D eigenvalue weighted by Gasteiger charge is 2.31. The van der Waals surface area contributed by atoms with Gasteiger partial charge in [-0.1, -0.05) is 11.8 Å². The fourth-order valence-corrected chi connectivity index (χ4v) is 1.77. The van der Waals surface area contributed by atoms with Gasteiger partial charge in [0, 0.05) is 18.5 Å². The first-order chi connectivity index (χ1) is 10.5. The molecule has 0 saturated heterocycles. The highest BCUT2D eigenvalue weighted by molar-refractivity contribution is 5.67. The van der Waals surface area contributed by atoms with Gasteiger partial charge in [-0.3, -0.25) is 0 Å². The number of hydrogen-bond donors (Lipinski definition) is 1. The van der Waals surface area contributed by atoms with Gasteiger partial charge in [-0.15, -0.1) is 0 Å². The number of halogens is 3. The smallest absolute Gasteiger partial charge is 0.416 e. The Bertz CT molecular complexity index is 619. The Balaban J connectivity index is 2.52. The van der Waals surface area contributed by atoms with E-state index in [2.05, 4.69) is 17.2 Å². The summed E-state index contributed by atoms with van der Waals surface area (Å²) in [4.78, 5) is 11.4. The first-order valence-corrected chi connectivity index (χ1v) is 7.12. The van der Waals surface area contributed by atoms with Crippen molar-refractivity contribution in [2.24, 2.45) is 0 Å². The van der Waals surface area contributed by atoms with Gasteiger partial charge in [0.15, 0.2) is 0 Å². The number of amides is 1. The zero-order valence-corrected chi connectivity index (χ0v) is 13.6. The normalized spacial score (nSPS) is 11.4. The van der Waals surface area contributed by atoms with Crippen LogP contribution in [0.15, 0.2) is 18.2 Å². The molecule has 0 aliphatic rings. The lowest BCUT2D eigenvalue weighted by Crippen LogP contribution is -2.32. The van der Waals surface area contributed by atoms with E-state index in [0.717, 1.165) is 6.07 Å². The third kappa shape index (κ3) is 7.09. The lowest BCUT2D eigenvalue weighted by molar-refractivity contribution is -0.138. The predicted octanol–water partition coefficient (Wildman–Crippen LogP) is 4.28. The summed E-state index contributed by atoms with van der Waals surface area (Å²) in [6, 6.07) is 3.76. The van der Waals surface area contributed by atoms with Gasteiger partial charge in [-0.2, -0.15) is 13.2 Å². The van der Waals surface area contributed by atoms with E-state index in [-0.39, 0.29) is 5.56 Å². The van der Waals surface area contributed by atoms with Crippen molar-refractivity contribution < 1.29 is 22.7 Å². The van der Waals surface area contributed by atoms with Crippen LogP contribution in [0, 0.1) is 18.8 Å². The van der Waals surface area contributed by atoms with Gasteiger partial charge in [-0.05, 0) is 51.5 Å². The third-order valence-electron chi connectivity index (χ3n) is 2.68. The predicted molar refractivity (Wildman–Crippen MR) is 81.9 cm³/mol. The van der Waals surface area contributed by atoms with Crippen molar-refractivity contribution >= 4 is 6.09 Å². The molecule has 23 heavy (non-hydrogen) atoms. The Morgan fingerprint density at radius 2 is 1.91 bits per heavy atom. The van der Waals surface area contributed by atoms with Crippen LogP contribution in [0.3, 0.4) is 0 Å². The fraction of sp³-hybridized carbons (Fsp3) is 0.471. The molecule has 0 aliphatic heterocycles. The van der Waals surface area contributed by atoms with Crippen LogP contribution in [-0.2, 0) is 10.9 Å². The zero-order chi connectivity index (χ0) is 17.7. The van der Waals surface area contributed by atoms with Crippen LogP contribution in [0.25, 0.3) is 0 Å². The molecular weight excluding hydrogens is 307 g/mol. The van der Waals surface area contributed by atoms with E-state index >= 15 is 0 Å². The minimum Gasteiger partial charge on any atom is -0.444 e. The Kier molecular flexibility index (Phi) is 6.08. The lowest BCUT2D eigenvalue weighted by atomic mass is 10.0. The number of carbonyl (C=O) groups excluding carboxylic acids is 1. The molecule has 0 fully saturated rings. The molecule has 0 aromatic heterocycles. The molecule has 0 saturated carbocycles. The zero-order valence-electron chi connectivity index (χ0n) is 13.6. The monoisotopic (exact) mass is 327 g/mol. The number of rotatable bonds is 2. The molecular formula is C17H20F3NO2. The number of aryl methyl sites for hydroxylation is 1. The number of hydrogen-bond acceptors (Lipinski definition) is 2. The summed E-state index contributed by atoms with van der Waals surface area (Å²) >= 11 is 0. The van der Waals surface area contributed by atoms with Crippen LogP contribution in [0.4, 0.5) is 18.0 Å². The van der Waals surface area contributed by atoms with Crippen LogP contribution < -0.4 is 5.32 Å². The van der Waals surface area contributed by atoms with Gasteiger partial charge in [0.05, 0.1) is 5.56 Å². The van der Waals surface area contributed by atoms with Gasteiger partial charge in [0.25, 0.3) is 0 Å². The van der Waals surface area contributed by atoms with E-state index in [1.807, 2.05) is 0 Å². The van der Waals surface area contributed by atoms with Crippen molar-refractivity contribution in [2.75, 3.05) is 6.54 Å². The summed E-state index contributed by atoms with van der Waals surface area (Å²) < 4.78 is 43.0. The van der Waals surface area contributed by atoms with Gasteiger partial charge >= 0.3 is 12.3 Å². The summed E-state index contributed by atoms with van der Waals surface area (Å²) in [5.74, 6) is 5.58. The van der Waals surface area contributed by atoms with E-state index in [9.17, 15) is 18.0 Å². The van der Waals surface area contributed by atoms with Gasteiger partial charge in [0.2, 0.25) is 0 Å². The molecule has 0 spiro atoms. The summed E-state index contributed by atoms with van der Waals surface area (Å²) in [5, 5.41) is 2.55. The molecule has 0 aliphatic carbocycles. The van der Waals surface area contributed by atoms with Gasteiger partial charge in [0.1, 0.15) is 5.60 Å². The van der Waals surface area contributed by atoms with Gasteiger partial charge < -0.3 is 10.1 Å². The number of ether oxygens (including phenoxy) is 1. The van der Waals surface area contributed by atoms with Crippen LogP contribution in [0.1, 0.15) is 43.9 Å². The second-order valence-electron chi connectivity index (χ2n) is 6.01. The van der Waals surface area contributed by atoms with Crippen molar-refractivity contribution in [2.45, 2.75) is 45.9 Å². The second kappa shape index (κ2) is 7.40. The minimum atomic E-state index is -4.35. The van der Waals surface area contributed by atoms with Crippen molar-refractivity contribution in [3.63, 3.8) is 0 Å². The first kappa shape index (κ1) is 18.9. The maximum Gasteiger partial charge on any atom is 0.416 e. The second-order valence-corrected chi connectivity index (χ2v) is 6.01. The number of alkyl halides is 3. The van der Waals surface area contributed by atoms with Crippen LogP contribution >= 0.6 is 0 Å². The highest BCUT2D eigenvalue weighted by Crippen LogP contribution is 2.31. The van der Waals surface area contributed by atoms with Gasteiger partial charge in [-0.25, -0.2) is 4.79 Å². The molecule has 1 aromatic carbocycles. The third-order valence-corrected chi connectivity index (χ3v) is 2.68. The molecule has 0 bridgehead atoms. The number of carbonyl (C=O) groups is 1. The van der Waals surface area contributed by atoms with Crippen molar-refractivity contribution in [1.29, 1.82) is 0 Å². The number of benzene rings is 1. The Hall–Kier alpha value is -2.16. The molecule has 1 N–H and O–H groups in total. The first-order valence-electron chi connectivity index (χ1n) is 7.12. The van der Waals surface area contributed by atoms with E-state index < -0.39 is 23.4 Å². The lowest BCUT2D eigenvalue weighted by Gasteiger charge is -2.19. The molecule has 0 radical (unpaired) electrons. The number of alkyl carbamates (subject to hydrolysis) is 1. The van der Waals surface area contributed by atoms with Crippen molar-refractivity contribution in [3.05, 3.63) is 34.9 Å². The Labute approximate surface area is 134 Å². The standard InChI is InChI=1S/C17H20F3NO2/c1-12-11-13(8-9-14(12)17(18,19)20)7-5-6-10-21-15(22)23-16(2,3)4/h8-9,11H,6,10H2,1-4H3,(H,21,22). The summed E-state index contributed by atoms with van der Waals surface area (Å²) in [7, 11) is 0. The SMILES string of the molecule is Cc1cc(C#CCCNC(=O)OC(C)(C)C)ccc1C(F)(F)F. The summed E-state index contributed by atoms with van der Waals surface area (Å²) in [6.45, 7) is 7.00. The van der Waals surface area contributed by atoms with Crippen LogP contribution in [0.5, 0.6) is 0 Å². The van der Waals surface area contributed by atoms with Crippen LogP contribution in [-0.4, -0.2) is 18.2 Å². The Morgan fingerprint density at radius 3 is 2.43 bits per heavy atom. The molecule has 0 unspecified atom stereocenters. The summed E-state index contributed by atoms with van der Waals surface area (Å²) in [6.07, 6.45) is -4.50. The number of nitrogens with one attached hydrogen (secondary N) is 1. The largest absolute Gasteiger partial charge is 0.444 e. The topological polar surface area (TPSA) is 38.3 Å². The maximum absolute atomic E-state index is 12.6. The van der Waals surface area contributed by atoms with Crippen molar-refractivity contribution in [3.8, 4) is 11.8 Å². The highest BCUT2D eigenvalue weighted by atomic mass is 19.4. The molecule has 0 heterocycles. The van der Waals surface area contributed by atoms with E-state index in [0.29, 0.717) is 18.5 Å². The maximum atomic E-state index is 12.6. The molecule has 126 valence electrons. The average Bonchev–Trinajstić information content (AvgIpc) is 2.34. The van der Waals surface area contributed by atoms with Crippen LogP contribution in [0.2, 0.25) is 0 Å². The summed E-state index contributed by atoms with van der Waals surface area (Å²) in [5.41, 5.74) is -0.577. The fourth-order valence-electron chi connectivity index (χ4n) is 1.77. The molecule has 1 rings (SSSR count). The molecule has 0 atom stereocenters. The molecule has 1 aromatic rings. The van der Waals surface area contributed by atoms with E-state index in [1.165, 1.54) is 19.1 Å². The van der Waals surface area contributed by atoms with Crippen molar-refractivity contribution in [1.82, 2.24) is 5.32 Å². The molecule has 1 amide bonds.